The second-order valence-electron chi connectivity index (χ2n) is 4.38. The highest BCUT2D eigenvalue weighted by Gasteiger charge is 2.38. The molecular weight excluding hydrogens is 356 g/mol. The molecule has 23 heavy (non-hydrogen) atoms. The van der Waals surface area contributed by atoms with E-state index in [0.717, 1.165) is 30.3 Å². The molecule has 0 heterocycles. The maximum Gasteiger partial charge on any atom is 0.429 e. The van der Waals surface area contributed by atoms with E-state index in [0.29, 0.717) is 0 Å². The number of carbonyl (C=O) groups excluding carboxylic acids is 1. The number of halogens is 5. The number of hydrogen-bond acceptors (Lipinski definition) is 3. The van der Waals surface area contributed by atoms with Gasteiger partial charge in [0.25, 0.3) is 5.24 Å². The van der Waals surface area contributed by atoms with Crippen LogP contribution in [0.15, 0.2) is 36.4 Å². The Morgan fingerprint density at radius 1 is 1.17 bits per heavy atom. The Balaban J connectivity index is 2.32. The van der Waals surface area contributed by atoms with Gasteiger partial charge in [-0.3, -0.25) is 4.79 Å². The van der Waals surface area contributed by atoms with Gasteiger partial charge in [-0.25, -0.2) is 4.39 Å². The zero-order chi connectivity index (χ0) is 17.2. The lowest BCUT2D eigenvalue weighted by Gasteiger charge is -2.20. The van der Waals surface area contributed by atoms with Crippen LogP contribution in [0, 0.1) is 5.82 Å². The van der Waals surface area contributed by atoms with Crippen molar-refractivity contribution in [1.29, 1.82) is 0 Å². The molecule has 0 unspecified atom stereocenters. The van der Waals surface area contributed by atoms with Crippen LogP contribution in [0.4, 0.5) is 13.2 Å². The molecule has 0 aromatic heterocycles. The average molecular weight is 365 g/mol. The second-order valence-corrected chi connectivity index (χ2v) is 5.13. The summed E-state index contributed by atoms with van der Waals surface area (Å²) in [6, 6.07) is 6.12. The van der Waals surface area contributed by atoms with Crippen LogP contribution in [0.3, 0.4) is 0 Å². The van der Waals surface area contributed by atoms with E-state index < -0.39 is 28.5 Å². The summed E-state index contributed by atoms with van der Waals surface area (Å²) < 4.78 is 51.3. The number of hydrogen-bond donors (Lipinski definition) is 0. The lowest BCUT2D eigenvalue weighted by molar-refractivity contribution is -0.187. The molecule has 0 saturated heterocycles. The number of alkyl halides is 2. The predicted octanol–water partition coefficient (Wildman–Crippen LogP) is 5.00. The molecule has 0 aliphatic rings. The van der Waals surface area contributed by atoms with Crippen LogP contribution >= 0.6 is 23.2 Å². The number of ether oxygens (including phenoxy) is 2. The van der Waals surface area contributed by atoms with Gasteiger partial charge in [-0.15, -0.1) is 0 Å². The number of rotatable bonds is 5. The van der Waals surface area contributed by atoms with E-state index >= 15 is 0 Å². The molecule has 0 radical (unpaired) electrons. The molecule has 0 bridgehead atoms. The summed E-state index contributed by atoms with van der Waals surface area (Å²) >= 11 is 11.0. The third-order valence-corrected chi connectivity index (χ3v) is 3.40. The number of methoxy groups -OCH3 is 1. The summed E-state index contributed by atoms with van der Waals surface area (Å²) in [6.45, 7) is 0. The van der Waals surface area contributed by atoms with Gasteiger partial charge < -0.3 is 9.47 Å². The number of carbonyl (C=O) groups is 1. The van der Waals surface area contributed by atoms with Crippen molar-refractivity contribution in [3.8, 4) is 11.5 Å². The van der Waals surface area contributed by atoms with Crippen LogP contribution in [0.25, 0.3) is 0 Å². The van der Waals surface area contributed by atoms with E-state index in [4.69, 9.17) is 27.9 Å². The van der Waals surface area contributed by atoms with Crippen LogP contribution < -0.4 is 9.47 Å². The van der Waals surface area contributed by atoms with E-state index in [9.17, 15) is 18.0 Å². The van der Waals surface area contributed by atoms with Gasteiger partial charge in [0.2, 0.25) is 0 Å². The lowest BCUT2D eigenvalue weighted by Crippen LogP contribution is -2.23. The maximum atomic E-state index is 14.1. The van der Waals surface area contributed by atoms with E-state index in [-0.39, 0.29) is 16.3 Å². The van der Waals surface area contributed by atoms with Crippen molar-refractivity contribution in [2.75, 3.05) is 7.11 Å². The molecule has 0 atom stereocenters. The fraction of sp³-hybridized carbons (Fsp3) is 0.133. The number of benzene rings is 2. The minimum Gasteiger partial charge on any atom is -0.497 e. The fourth-order valence-electron chi connectivity index (χ4n) is 1.76. The highest BCUT2D eigenvalue weighted by Crippen LogP contribution is 2.37. The van der Waals surface area contributed by atoms with Gasteiger partial charge in [0.05, 0.1) is 12.1 Å². The van der Waals surface area contributed by atoms with Gasteiger partial charge in [0, 0.05) is 11.6 Å². The average Bonchev–Trinajstić information content (AvgIpc) is 2.48. The first-order valence-corrected chi connectivity index (χ1v) is 6.90. The van der Waals surface area contributed by atoms with Crippen molar-refractivity contribution in [1.82, 2.24) is 0 Å². The van der Waals surface area contributed by atoms with E-state index in [1.807, 2.05) is 0 Å². The topological polar surface area (TPSA) is 35.5 Å². The molecule has 3 nitrogen and oxygen atoms in total. The first-order chi connectivity index (χ1) is 10.7. The van der Waals surface area contributed by atoms with Crippen molar-refractivity contribution >= 4 is 28.4 Å². The Kier molecular flexibility index (Phi) is 5.06. The summed E-state index contributed by atoms with van der Waals surface area (Å²) in [7, 11) is 1.28. The van der Waals surface area contributed by atoms with Crippen LogP contribution in [-0.2, 0) is 6.11 Å². The molecule has 2 aromatic rings. The van der Waals surface area contributed by atoms with Gasteiger partial charge in [0.15, 0.2) is 0 Å². The predicted molar refractivity (Wildman–Crippen MR) is 79.1 cm³/mol. The highest BCUT2D eigenvalue weighted by molar-refractivity contribution is 6.67. The van der Waals surface area contributed by atoms with Crippen molar-refractivity contribution in [2.45, 2.75) is 6.11 Å². The normalized spacial score (nSPS) is 11.2. The highest BCUT2D eigenvalue weighted by atomic mass is 35.5. The van der Waals surface area contributed by atoms with Crippen molar-refractivity contribution in [2.24, 2.45) is 0 Å². The zero-order valence-corrected chi connectivity index (χ0v) is 13.1. The van der Waals surface area contributed by atoms with Gasteiger partial charge in [-0.1, -0.05) is 11.6 Å². The van der Waals surface area contributed by atoms with Gasteiger partial charge in [-0.2, -0.15) is 8.78 Å². The van der Waals surface area contributed by atoms with E-state index in [2.05, 4.69) is 4.74 Å². The summed E-state index contributed by atoms with van der Waals surface area (Å²) in [5.41, 5.74) is -0.963. The Morgan fingerprint density at radius 2 is 1.87 bits per heavy atom. The first kappa shape index (κ1) is 17.4. The Hall–Kier alpha value is -1.92. The van der Waals surface area contributed by atoms with Crippen LogP contribution in [-0.4, -0.2) is 12.4 Å². The summed E-state index contributed by atoms with van der Waals surface area (Å²) in [6.07, 6.45) is -3.98. The molecule has 2 aromatic carbocycles. The lowest BCUT2D eigenvalue weighted by atomic mass is 10.2. The standard InChI is InChI=1S/C15H9Cl2F3O3/c1-22-9-3-4-10(12(18)7-9)15(19,20)23-13-5-2-8(14(17)21)6-11(13)16/h2-7H,1H3. The minimum absolute atomic E-state index is 0.0166. The molecule has 0 saturated carbocycles. The van der Waals surface area contributed by atoms with Gasteiger partial charge >= 0.3 is 6.11 Å². The summed E-state index contributed by atoms with van der Waals surface area (Å²) in [5, 5.41) is -1.06. The van der Waals surface area contributed by atoms with Crippen LogP contribution in [0.5, 0.6) is 11.5 Å². The molecule has 0 aliphatic heterocycles. The Labute approximate surface area is 139 Å². The molecule has 0 aliphatic carbocycles. The molecular formula is C15H9Cl2F3O3. The molecule has 0 spiro atoms. The van der Waals surface area contributed by atoms with E-state index in [1.165, 1.54) is 13.2 Å². The molecule has 122 valence electrons. The second kappa shape index (κ2) is 6.68. The summed E-state index contributed by atoms with van der Waals surface area (Å²) in [5.74, 6) is -1.53. The smallest absolute Gasteiger partial charge is 0.429 e. The summed E-state index contributed by atoms with van der Waals surface area (Å²) in [4.78, 5) is 11.0. The third-order valence-electron chi connectivity index (χ3n) is 2.89. The van der Waals surface area contributed by atoms with Crippen LogP contribution in [0.2, 0.25) is 5.02 Å². The molecule has 2 rings (SSSR count). The van der Waals surface area contributed by atoms with Crippen molar-refractivity contribution < 1.29 is 27.4 Å². The molecule has 0 fully saturated rings. The van der Waals surface area contributed by atoms with Crippen molar-refractivity contribution in [3.05, 3.63) is 58.4 Å². The molecule has 8 heteroatoms. The SMILES string of the molecule is COc1ccc(C(F)(F)Oc2ccc(C(=O)Cl)cc2Cl)c(F)c1. The fourth-order valence-corrected chi connectivity index (χ4v) is 2.09. The van der Waals surface area contributed by atoms with Crippen molar-refractivity contribution in [3.63, 3.8) is 0 Å². The monoisotopic (exact) mass is 364 g/mol. The third kappa shape index (κ3) is 3.89. The molecule has 0 amide bonds. The Bertz CT molecular complexity index is 751. The Morgan fingerprint density at radius 3 is 2.39 bits per heavy atom. The largest absolute Gasteiger partial charge is 0.497 e. The van der Waals surface area contributed by atoms with Gasteiger partial charge in [-0.05, 0) is 41.9 Å². The first-order valence-electron chi connectivity index (χ1n) is 6.15. The van der Waals surface area contributed by atoms with Gasteiger partial charge in [0.1, 0.15) is 22.9 Å². The molecule has 0 N–H and O–H groups in total. The maximum absolute atomic E-state index is 14.1. The quantitative estimate of drug-likeness (QED) is 0.700. The minimum atomic E-state index is -3.98. The van der Waals surface area contributed by atoms with E-state index in [1.54, 1.807) is 0 Å². The van der Waals surface area contributed by atoms with Crippen LogP contribution in [0.1, 0.15) is 15.9 Å². The zero-order valence-electron chi connectivity index (χ0n) is 11.6.